The van der Waals surface area contributed by atoms with Gasteiger partial charge in [0, 0.05) is 22.2 Å². The van der Waals surface area contributed by atoms with Crippen LogP contribution in [0, 0.1) is 0 Å². The van der Waals surface area contributed by atoms with Crippen LogP contribution < -0.4 is 5.43 Å². The Kier molecular flexibility index (Phi) is 5.01. The molecule has 0 bridgehead atoms. The third kappa shape index (κ3) is 6.59. The highest BCUT2D eigenvalue weighted by Gasteiger charge is 2.14. The largest absolute Gasteiger partial charge is 0.449 e. The molecule has 78 valence electrons. The van der Waals surface area contributed by atoms with Crippen LogP contribution in [0.25, 0.3) is 0 Å². The molecule has 5 heteroatoms. The molecule has 0 saturated carbocycles. The lowest BCUT2D eigenvalue weighted by Gasteiger charge is -2.18. The molecule has 4 nitrogen and oxygen atoms in total. The first kappa shape index (κ1) is 12.4. The van der Waals surface area contributed by atoms with Crippen LogP contribution >= 0.6 is 0 Å². The summed E-state index contributed by atoms with van der Waals surface area (Å²) in [5, 5.41) is 1.32. The van der Waals surface area contributed by atoms with Crippen LogP contribution in [0.5, 0.6) is 0 Å². The van der Waals surface area contributed by atoms with Crippen LogP contribution in [-0.4, -0.2) is 39.9 Å². The van der Waals surface area contributed by atoms with Gasteiger partial charge < -0.3 is 4.74 Å². The number of hydrogen-bond donors (Lipinski definition) is 1. The maximum absolute atomic E-state index is 11.1. The van der Waals surface area contributed by atoms with E-state index < -0.39 is 8.07 Å². The summed E-state index contributed by atoms with van der Waals surface area (Å²) >= 11 is 0. The molecule has 0 saturated heterocycles. The summed E-state index contributed by atoms with van der Waals surface area (Å²) in [4.78, 5) is 11.1. The SMILES string of the molecule is CNN(C)C(=O)OCC[Si](C)(C)C. The summed E-state index contributed by atoms with van der Waals surface area (Å²) in [5.74, 6) is 0. The second-order valence-corrected chi connectivity index (χ2v) is 9.83. The van der Waals surface area contributed by atoms with Crippen LogP contribution in [0.4, 0.5) is 4.79 Å². The van der Waals surface area contributed by atoms with Crippen molar-refractivity contribution in [3.63, 3.8) is 0 Å². The van der Waals surface area contributed by atoms with Crippen LogP contribution in [0.3, 0.4) is 0 Å². The number of nitrogens with zero attached hydrogens (tertiary/aromatic N) is 1. The number of carbonyl (C=O) groups is 1. The monoisotopic (exact) mass is 204 g/mol. The second kappa shape index (κ2) is 5.24. The van der Waals surface area contributed by atoms with E-state index in [0.717, 1.165) is 6.04 Å². The molecular formula is C8H20N2O2Si. The highest BCUT2D eigenvalue weighted by Crippen LogP contribution is 2.07. The Balaban J connectivity index is 3.60. The maximum atomic E-state index is 11.1. The topological polar surface area (TPSA) is 41.6 Å². The van der Waals surface area contributed by atoms with Gasteiger partial charge in [0.1, 0.15) is 0 Å². The standard InChI is InChI=1S/C8H20N2O2Si/c1-9-10(2)8(11)12-6-7-13(3,4)5/h9H,6-7H2,1-5H3. The highest BCUT2D eigenvalue weighted by atomic mass is 28.3. The minimum atomic E-state index is -1.09. The Hall–Kier alpha value is -0.553. The van der Waals surface area contributed by atoms with Crippen molar-refractivity contribution in [2.24, 2.45) is 0 Å². The molecule has 1 N–H and O–H groups in total. The van der Waals surface area contributed by atoms with Crippen LogP contribution in [0.15, 0.2) is 0 Å². The van der Waals surface area contributed by atoms with E-state index in [1.807, 2.05) is 0 Å². The Morgan fingerprint density at radius 2 is 2.00 bits per heavy atom. The Bertz CT molecular complexity index is 168. The summed E-state index contributed by atoms with van der Waals surface area (Å²) in [5.41, 5.74) is 2.68. The van der Waals surface area contributed by atoms with Crippen LogP contribution in [0.2, 0.25) is 25.7 Å². The molecule has 0 rings (SSSR count). The second-order valence-electron chi connectivity index (χ2n) is 4.21. The summed E-state index contributed by atoms with van der Waals surface area (Å²) < 4.78 is 5.03. The number of amides is 1. The molecule has 13 heavy (non-hydrogen) atoms. The summed E-state index contributed by atoms with van der Waals surface area (Å²) in [6, 6.07) is 1.01. The maximum Gasteiger partial charge on any atom is 0.423 e. The normalized spacial score (nSPS) is 11.2. The summed E-state index contributed by atoms with van der Waals surface area (Å²) in [6.07, 6.45) is -0.319. The minimum Gasteiger partial charge on any atom is -0.449 e. The molecule has 0 aliphatic rings. The first-order valence-electron chi connectivity index (χ1n) is 4.44. The number of carbonyl (C=O) groups excluding carboxylic acids is 1. The number of nitrogens with one attached hydrogen (secondary N) is 1. The molecule has 0 heterocycles. The Morgan fingerprint density at radius 1 is 1.46 bits per heavy atom. The average molecular weight is 204 g/mol. The van der Waals surface area contributed by atoms with Gasteiger partial charge in [-0.25, -0.2) is 15.2 Å². The lowest BCUT2D eigenvalue weighted by molar-refractivity contribution is 0.102. The predicted molar refractivity (Wildman–Crippen MR) is 56.3 cm³/mol. The zero-order chi connectivity index (χ0) is 10.5. The van der Waals surface area contributed by atoms with E-state index in [2.05, 4.69) is 25.1 Å². The first-order valence-corrected chi connectivity index (χ1v) is 8.15. The van der Waals surface area contributed by atoms with E-state index in [-0.39, 0.29) is 6.09 Å². The van der Waals surface area contributed by atoms with E-state index in [1.54, 1.807) is 14.1 Å². The third-order valence-electron chi connectivity index (χ3n) is 1.69. The predicted octanol–water partition coefficient (Wildman–Crippen LogP) is 1.53. The molecule has 0 aromatic carbocycles. The lowest BCUT2D eigenvalue weighted by Crippen LogP contribution is -2.37. The fraction of sp³-hybridized carbons (Fsp3) is 0.875. The van der Waals surface area contributed by atoms with Gasteiger partial charge in [-0.1, -0.05) is 19.6 Å². The molecule has 0 aliphatic heterocycles. The Morgan fingerprint density at radius 3 is 2.38 bits per heavy atom. The van der Waals surface area contributed by atoms with Crippen molar-refractivity contribution in [1.82, 2.24) is 10.4 Å². The number of ether oxygens (including phenoxy) is 1. The van der Waals surface area contributed by atoms with Crippen LogP contribution in [0.1, 0.15) is 0 Å². The van der Waals surface area contributed by atoms with Gasteiger partial charge in [0.2, 0.25) is 0 Å². The van der Waals surface area contributed by atoms with Crippen molar-refractivity contribution in [3.05, 3.63) is 0 Å². The van der Waals surface area contributed by atoms with Gasteiger partial charge in [-0.05, 0) is 6.04 Å². The summed E-state index contributed by atoms with van der Waals surface area (Å²) in [7, 11) is 2.23. The molecule has 0 aromatic rings. The van der Waals surface area contributed by atoms with Crippen molar-refractivity contribution < 1.29 is 9.53 Å². The zero-order valence-corrected chi connectivity index (χ0v) is 10.2. The van der Waals surface area contributed by atoms with E-state index in [9.17, 15) is 4.79 Å². The molecular weight excluding hydrogens is 184 g/mol. The van der Waals surface area contributed by atoms with Gasteiger partial charge in [-0.3, -0.25) is 0 Å². The van der Waals surface area contributed by atoms with E-state index in [4.69, 9.17) is 4.74 Å². The van der Waals surface area contributed by atoms with Gasteiger partial charge >= 0.3 is 6.09 Å². The number of hydrogen-bond acceptors (Lipinski definition) is 3. The highest BCUT2D eigenvalue weighted by molar-refractivity contribution is 6.76. The smallest absolute Gasteiger partial charge is 0.423 e. The molecule has 0 aliphatic carbocycles. The molecule has 0 atom stereocenters. The molecule has 0 spiro atoms. The van der Waals surface area contributed by atoms with Gasteiger partial charge in [0.05, 0.1) is 6.61 Å². The van der Waals surface area contributed by atoms with Crippen molar-refractivity contribution in [2.45, 2.75) is 25.7 Å². The number of hydrazine groups is 1. The zero-order valence-electron chi connectivity index (χ0n) is 9.18. The summed E-state index contributed by atoms with van der Waals surface area (Å²) in [6.45, 7) is 7.29. The van der Waals surface area contributed by atoms with E-state index in [0.29, 0.717) is 6.61 Å². The van der Waals surface area contributed by atoms with Crippen LogP contribution in [-0.2, 0) is 4.74 Å². The fourth-order valence-corrected chi connectivity index (χ4v) is 1.35. The van der Waals surface area contributed by atoms with Crippen molar-refractivity contribution in [2.75, 3.05) is 20.7 Å². The Labute approximate surface area is 81.2 Å². The minimum absolute atomic E-state index is 0.319. The van der Waals surface area contributed by atoms with Gasteiger partial charge in [0.15, 0.2) is 0 Å². The molecule has 0 radical (unpaired) electrons. The van der Waals surface area contributed by atoms with Gasteiger partial charge in [0.25, 0.3) is 0 Å². The molecule has 0 unspecified atom stereocenters. The molecule has 0 aromatic heterocycles. The third-order valence-corrected chi connectivity index (χ3v) is 3.39. The first-order chi connectivity index (χ1) is 5.87. The van der Waals surface area contributed by atoms with E-state index in [1.165, 1.54) is 5.01 Å². The average Bonchev–Trinajstić information content (AvgIpc) is 2.00. The van der Waals surface area contributed by atoms with Crippen molar-refractivity contribution >= 4 is 14.2 Å². The molecule has 0 fully saturated rings. The lowest BCUT2D eigenvalue weighted by atomic mass is 10.8. The van der Waals surface area contributed by atoms with Crippen molar-refractivity contribution in [1.29, 1.82) is 0 Å². The van der Waals surface area contributed by atoms with E-state index >= 15 is 0 Å². The van der Waals surface area contributed by atoms with Gasteiger partial charge in [-0.2, -0.15) is 0 Å². The fourth-order valence-electron chi connectivity index (χ4n) is 0.633. The quantitative estimate of drug-likeness (QED) is 0.558. The number of rotatable bonds is 4. The molecule has 1 amide bonds. The van der Waals surface area contributed by atoms with Gasteiger partial charge in [-0.15, -0.1) is 0 Å². The van der Waals surface area contributed by atoms with Crippen molar-refractivity contribution in [3.8, 4) is 0 Å².